The number of anilines is 2. The molecule has 0 aromatic carbocycles. The number of hydrogen-bond acceptors (Lipinski definition) is 7. The lowest BCUT2D eigenvalue weighted by molar-refractivity contribution is 0.300. The summed E-state index contributed by atoms with van der Waals surface area (Å²) < 4.78 is 6.19. The molecule has 0 atom stereocenters. The Hall–Kier alpha value is -2.16. The number of nitrogens with one attached hydrogen (secondary N) is 1. The second-order valence-electron chi connectivity index (χ2n) is 3.44. The summed E-state index contributed by atoms with van der Waals surface area (Å²) in [6.45, 7) is 1.97. The molecule has 17 heavy (non-hydrogen) atoms. The van der Waals surface area contributed by atoms with Gasteiger partial charge in [-0.1, -0.05) is 10.3 Å². The highest BCUT2D eigenvalue weighted by atomic mass is 32.1. The first kappa shape index (κ1) is 11.3. The van der Waals surface area contributed by atoms with Gasteiger partial charge in [0.25, 0.3) is 5.56 Å². The van der Waals surface area contributed by atoms with Crippen LogP contribution in [0.1, 0.15) is 11.4 Å². The maximum absolute atomic E-state index is 11.3. The monoisotopic (exact) mass is 254 g/mol. The first-order valence-electron chi connectivity index (χ1n) is 4.66. The third-order valence-electron chi connectivity index (χ3n) is 2.33. The molecule has 0 spiro atoms. The molecule has 0 aliphatic rings. The lowest BCUT2D eigenvalue weighted by atomic mass is 10.3. The Morgan fingerprint density at radius 2 is 2.18 bits per heavy atom. The third-order valence-corrected chi connectivity index (χ3v) is 2.65. The maximum Gasteiger partial charge on any atom is 0.277 e. The molecule has 8 nitrogen and oxygen atoms in total. The molecule has 0 saturated heterocycles. The van der Waals surface area contributed by atoms with Crippen molar-refractivity contribution in [3.8, 4) is 0 Å². The van der Waals surface area contributed by atoms with Crippen molar-refractivity contribution < 1.29 is 4.63 Å². The number of aromatic amines is 1. The van der Waals surface area contributed by atoms with Crippen molar-refractivity contribution in [3.63, 3.8) is 0 Å². The van der Waals surface area contributed by atoms with Crippen molar-refractivity contribution in [1.82, 2.24) is 19.9 Å². The topological polar surface area (TPSA) is 129 Å². The van der Waals surface area contributed by atoms with Gasteiger partial charge in [-0.25, -0.2) is 4.63 Å². The summed E-state index contributed by atoms with van der Waals surface area (Å²) >= 11 is 5.00. The molecule has 2 aromatic rings. The highest BCUT2D eigenvalue weighted by Gasteiger charge is 2.11. The van der Waals surface area contributed by atoms with E-state index in [1.54, 1.807) is 6.92 Å². The van der Waals surface area contributed by atoms with E-state index >= 15 is 0 Å². The van der Waals surface area contributed by atoms with Gasteiger partial charge in [0.05, 0.1) is 6.54 Å². The lowest BCUT2D eigenvalue weighted by Gasteiger charge is -2.10. The highest BCUT2D eigenvalue weighted by molar-refractivity contribution is 7.71. The Morgan fingerprint density at radius 3 is 2.76 bits per heavy atom. The first-order chi connectivity index (χ1) is 8.00. The van der Waals surface area contributed by atoms with Crippen molar-refractivity contribution in [2.24, 2.45) is 0 Å². The predicted octanol–water partition coefficient (Wildman–Crippen LogP) is -0.190. The maximum atomic E-state index is 11.3. The molecule has 0 unspecified atom stereocenters. The molecule has 0 aliphatic heterocycles. The van der Waals surface area contributed by atoms with Gasteiger partial charge in [0.1, 0.15) is 22.9 Å². The van der Waals surface area contributed by atoms with Gasteiger partial charge in [-0.15, -0.1) is 0 Å². The van der Waals surface area contributed by atoms with Crippen LogP contribution >= 0.6 is 12.2 Å². The number of hydrogen-bond donors (Lipinski definition) is 3. The number of aryl methyl sites for hydroxylation is 1. The Labute approximate surface area is 100 Å². The normalized spacial score (nSPS) is 10.6. The highest BCUT2D eigenvalue weighted by Crippen LogP contribution is 2.12. The minimum atomic E-state index is -0.501. The molecule has 90 valence electrons. The fourth-order valence-electron chi connectivity index (χ4n) is 1.30. The fraction of sp³-hybridized carbons (Fsp3) is 0.250. The van der Waals surface area contributed by atoms with Crippen LogP contribution in [-0.4, -0.2) is 19.9 Å². The summed E-state index contributed by atoms with van der Waals surface area (Å²) in [5.41, 5.74) is 11.9. The molecule has 0 amide bonds. The van der Waals surface area contributed by atoms with E-state index in [0.717, 1.165) is 0 Å². The first-order valence-corrected chi connectivity index (χ1v) is 5.07. The molecular weight excluding hydrogens is 244 g/mol. The van der Waals surface area contributed by atoms with Crippen molar-refractivity contribution in [2.75, 3.05) is 11.5 Å². The average Bonchev–Trinajstić information content (AvgIpc) is 2.67. The second kappa shape index (κ2) is 4.01. The lowest BCUT2D eigenvalue weighted by Crippen LogP contribution is -2.22. The van der Waals surface area contributed by atoms with Gasteiger partial charge >= 0.3 is 0 Å². The number of nitrogens with zero attached hydrogens (tertiary/aromatic N) is 3. The number of H-pyrrole nitrogens is 1. The summed E-state index contributed by atoms with van der Waals surface area (Å²) in [4.78, 5) is 13.7. The Morgan fingerprint density at radius 1 is 1.47 bits per heavy atom. The summed E-state index contributed by atoms with van der Waals surface area (Å²) in [6, 6.07) is 0. The smallest absolute Gasteiger partial charge is 0.277 e. The van der Waals surface area contributed by atoms with E-state index in [1.165, 1.54) is 4.57 Å². The van der Waals surface area contributed by atoms with E-state index in [0.29, 0.717) is 11.4 Å². The predicted molar refractivity (Wildman–Crippen MR) is 62.8 cm³/mol. The third kappa shape index (κ3) is 1.91. The van der Waals surface area contributed by atoms with Crippen LogP contribution in [0.3, 0.4) is 0 Å². The largest absolute Gasteiger partial charge is 0.391 e. The number of rotatable bonds is 2. The van der Waals surface area contributed by atoms with Crippen LogP contribution in [0.15, 0.2) is 9.42 Å². The van der Waals surface area contributed by atoms with Crippen LogP contribution in [0.4, 0.5) is 11.5 Å². The van der Waals surface area contributed by atoms with E-state index in [4.69, 9.17) is 23.7 Å². The number of nitrogen functional groups attached to an aromatic ring is 2. The summed E-state index contributed by atoms with van der Waals surface area (Å²) in [5, 5.41) is 7.34. The number of aromatic nitrogens is 4. The molecule has 0 fully saturated rings. The van der Waals surface area contributed by atoms with E-state index in [9.17, 15) is 4.79 Å². The van der Waals surface area contributed by atoms with Gasteiger partial charge < -0.3 is 11.5 Å². The van der Waals surface area contributed by atoms with Crippen LogP contribution in [-0.2, 0) is 6.54 Å². The quantitative estimate of drug-likeness (QED) is 0.633. The molecule has 2 rings (SSSR count). The van der Waals surface area contributed by atoms with Gasteiger partial charge in [-0.2, -0.15) is 0 Å². The molecule has 0 radical (unpaired) electrons. The summed E-state index contributed by atoms with van der Waals surface area (Å²) in [5.74, 6) is 0.0983. The minimum Gasteiger partial charge on any atom is -0.391 e. The molecule has 2 aromatic heterocycles. The number of nitrogens with two attached hydrogens (primary N) is 2. The Balaban J connectivity index is 2.54. The molecule has 9 heteroatoms. The molecule has 0 bridgehead atoms. The molecule has 2 heterocycles. The van der Waals surface area contributed by atoms with Gasteiger partial charge in [-0.05, 0) is 19.1 Å². The molecular formula is C8H10N6O2S. The van der Waals surface area contributed by atoms with E-state index in [-0.39, 0.29) is 22.8 Å². The van der Waals surface area contributed by atoms with Crippen molar-refractivity contribution in [1.29, 1.82) is 0 Å². The van der Waals surface area contributed by atoms with E-state index < -0.39 is 5.56 Å². The Kier molecular flexibility index (Phi) is 2.68. The summed E-state index contributed by atoms with van der Waals surface area (Å²) in [6.07, 6.45) is 0. The van der Waals surface area contributed by atoms with Crippen molar-refractivity contribution in [2.45, 2.75) is 13.5 Å². The van der Waals surface area contributed by atoms with Gasteiger partial charge in [0.15, 0.2) is 4.77 Å². The molecule has 5 N–H and O–H groups in total. The zero-order chi connectivity index (χ0) is 12.6. The van der Waals surface area contributed by atoms with Crippen molar-refractivity contribution in [3.05, 3.63) is 26.5 Å². The SMILES string of the molecule is Cc1nonc1Cn1c(N)c(N)c(=O)[nH]c1=S. The molecule has 0 saturated carbocycles. The van der Waals surface area contributed by atoms with E-state index in [1.807, 2.05) is 0 Å². The molecule has 0 aliphatic carbocycles. The second-order valence-corrected chi connectivity index (χ2v) is 3.83. The minimum absolute atomic E-state index is 0.0762. The van der Waals surface area contributed by atoms with Crippen LogP contribution in [0.25, 0.3) is 0 Å². The van der Waals surface area contributed by atoms with Gasteiger partial charge in [-0.3, -0.25) is 14.3 Å². The average molecular weight is 254 g/mol. The van der Waals surface area contributed by atoms with Crippen LogP contribution in [0.5, 0.6) is 0 Å². The Bertz CT molecular complexity index is 669. The standard InChI is InChI=1S/C8H10N6O2S/c1-3-4(13-16-12-3)2-14-6(10)5(9)7(15)11-8(14)17/h2,9-10H2,1H3,(H,11,15,17). The van der Waals surface area contributed by atoms with Crippen LogP contribution < -0.4 is 17.0 Å². The van der Waals surface area contributed by atoms with Crippen molar-refractivity contribution >= 4 is 23.7 Å². The van der Waals surface area contributed by atoms with Gasteiger partial charge in [0, 0.05) is 0 Å². The zero-order valence-corrected chi connectivity index (χ0v) is 9.74. The van der Waals surface area contributed by atoms with Crippen LogP contribution in [0, 0.1) is 11.7 Å². The van der Waals surface area contributed by atoms with Gasteiger partial charge in [0.2, 0.25) is 0 Å². The van der Waals surface area contributed by atoms with Crippen LogP contribution in [0.2, 0.25) is 0 Å². The zero-order valence-electron chi connectivity index (χ0n) is 8.93. The van der Waals surface area contributed by atoms with E-state index in [2.05, 4.69) is 19.9 Å². The fourth-order valence-corrected chi connectivity index (χ4v) is 1.56. The summed E-state index contributed by atoms with van der Waals surface area (Å²) in [7, 11) is 0.